The van der Waals surface area contributed by atoms with E-state index in [1.807, 2.05) is 20.8 Å². The first-order chi connectivity index (χ1) is 5.65. The van der Waals surface area contributed by atoms with Crippen LogP contribution in [0.4, 0.5) is 0 Å². The number of aromatic nitrogens is 2. The molecule has 0 fully saturated rings. The van der Waals surface area contributed by atoms with Crippen LogP contribution in [0.1, 0.15) is 22.8 Å². The molecular formula is C9H14N2O. The minimum absolute atomic E-state index is 0.150. The van der Waals surface area contributed by atoms with Gasteiger partial charge in [0, 0.05) is 24.4 Å². The minimum atomic E-state index is 0.150. The molecule has 0 amide bonds. The van der Waals surface area contributed by atoms with Gasteiger partial charge >= 0.3 is 0 Å². The van der Waals surface area contributed by atoms with Gasteiger partial charge in [-0.3, -0.25) is 0 Å². The molecule has 0 bridgehead atoms. The van der Waals surface area contributed by atoms with Crippen molar-refractivity contribution < 1.29 is 5.11 Å². The van der Waals surface area contributed by atoms with Crippen LogP contribution in [0.5, 0.6) is 0 Å². The molecule has 0 aromatic carbocycles. The summed E-state index contributed by atoms with van der Waals surface area (Å²) >= 11 is 0. The van der Waals surface area contributed by atoms with Crippen LogP contribution < -0.4 is 0 Å². The van der Waals surface area contributed by atoms with Crippen LogP contribution in [0.2, 0.25) is 0 Å². The number of rotatable bonds is 2. The summed E-state index contributed by atoms with van der Waals surface area (Å²) in [5, 5.41) is 8.77. The number of aryl methyl sites for hydroxylation is 2. The lowest BCUT2D eigenvalue weighted by atomic mass is 10.1. The molecular weight excluding hydrogens is 152 g/mol. The third-order valence-electron chi connectivity index (χ3n) is 1.95. The van der Waals surface area contributed by atoms with Crippen molar-refractivity contribution in [1.29, 1.82) is 0 Å². The summed E-state index contributed by atoms with van der Waals surface area (Å²) in [4.78, 5) is 8.48. The maximum absolute atomic E-state index is 8.77. The van der Waals surface area contributed by atoms with Crippen LogP contribution in [0.25, 0.3) is 0 Å². The smallest absolute Gasteiger partial charge is 0.125 e. The van der Waals surface area contributed by atoms with Gasteiger partial charge in [0.15, 0.2) is 0 Å². The highest BCUT2D eigenvalue weighted by Gasteiger charge is 2.04. The zero-order chi connectivity index (χ0) is 9.14. The molecule has 0 unspecified atom stereocenters. The molecule has 0 radical (unpaired) electrons. The Kier molecular flexibility index (Phi) is 2.76. The van der Waals surface area contributed by atoms with Crippen LogP contribution in [0.15, 0.2) is 0 Å². The molecule has 1 aromatic heterocycles. The summed E-state index contributed by atoms with van der Waals surface area (Å²) in [6.45, 7) is 5.97. The van der Waals surface area contributed by atoms with E-state index >= 15 is 0 Å². The maximum atomic E-state index is 8.77. The fourth-order valence-electron chi connectivity index (χ4n) is 1.19. The average molecular weight is 166 g/mol. The summed E-state index contributed by atoms with van der Waals surface area (Å²) < 4.78 is 0. The fourth-order valence-corrected chi connectivity index (χ4v) is 1.19. The van der Waals surface area contributed by atoms with Crippen LogP contribution in [0, 0.1) is 20.8 Å². The highest BCUT2D eigenvalue weighted by atomic mass is 16.3. The summed E-state index contributed by atoms with van der Waals surface area (Å²) in [5.41, 5.74) is 3.06. The number of nitrogens with zero attached hydrogens (tertiary/aromatic N) is 2. The Balaban J connectivity index is 3.09. The molecule has 66 valence electrons. The Bertz CT molecular complexity index is 284. The van der Waals surface area contributed by atoms with Crippen molar-refractivity contribution in [2.24, 2.45) is 0 Å². The average Bonchev–Trinajstić information content (AvgIpc) is 2.00. The molecule has 1 aromatic rings. The van der Waals surface area contributed by atoms with Crippen LogP contribution >= 0.6 is 0 Å². The Morgan fingerprint density at radius 3 is 2.42 bits per heavy atom. The number of hydrogen-bond donors (Lipinski definition) is 1. The lowest BCUT2D eigenvalue weighted by Gasteiger charge is -2.06. The summed E-state index contributed by atoms with van der Waals surface area (Å²) in [6.07, 6.45) is 0.621. The monoisotopic (exact) mass is 166 g/mol. The Labute approximate surface area is 72.5 Å². The topological polar surface area (TPSA) is 46.0 Å². The van der Waals surface area contributed by atoms with Crippen molar-refractivity contribution in [3.8, 4) is 0 Å². The van der Waals surface area contributed by atoms with Crippen LogP contribution in [-0.4, -0.2) is 21.7 Å². The normalized spacial score (nSPS) is 10.3. The summed E-state index contributed by atoms with van der Waals surface area (Å²) in [6, 6.07) is 0. The second kappa shape index (κ2) is 3.63. The Morgan fingerprint density at radius 2 is 1.83 bits per heavy atom. The molecule has 3 nitrogen and oxygen atoms in total. The van der Waals surface area contributed by atoms with E-state index in [4.69, 9.17) is 5.11 Å². The van der Waals surface area contributed by atoms with Crippen molar-refractivity contribution in [2.45, 2.75) is 27.2 Å². The van der Waals surface area contributed by atoms with E-state index in [1.165, 1.54) is 0 Å². The number of aliphatic hydroxyl groups is 1. The standard InChI is InChI=1S/C9H14N2O/c1-6-7(2)10-8(3)11-9(6)4-5-12/h12H,4-5H2,1-3H3. The molecule has 1 rings (SSSR count). The maximum Gasteiger partial charge on any atom is 0.125 e. The van der Waals surface area contributed by atoms with Crippen LogP contribution in [0.3, 0.4) is 0 Å². The first-order valence-electron chi connectivity index (χ1n) is 4.06. The van der Waals surface area contributed by atoms with Crippen molar-refractivity contribution in [2.75, 3.05) is 6.61 Å². The molecule has 0 aliphatic rings. The zero-order valence-electron chi connectivity index (χ0n) is 7.76. The molecule has 0 saturated carbocycles. The van der Waals surface area contributed by atoms with E-state index in [-0.39, 0.29) is 6.61 Å². The lowest BCUT2D eigenvalue weighted by Crippen LogP contribution is -2.04. The van der Waals surface area contributed by atoms with E-state index in [0.29, 0.717) is 6.42 Å². The molecule has 0 atom stereocenters. The fraction of sp³-hybridized carbons (Fsp3) is 0.556. The second-order valence-corrected chi connectivity index (χ2v) is 2.90. The van der Waals surface area contributed by atoms with E-state index in [1.54, 1.807) is 0 Å². The Hall–Kier alpha value is -0.960. The van der Waals surface area contributed by atoms with Gasteiger partial charge in [-0.15, -0.1) is 0 Å². The quantitative estimate of drug-likeness (QED) is 0.711. The summed E-state index contributed by atoms with van der Waals surface area (Å²) in [7, 11) is 0. The zero-order valence-corrected chi connectivity index (χ0v) is 7.76. The third-order valence-corrected chi connectivity index (χ3v) is 1.95. The van der Waals surface area contributed by atoms with E-state index in [2.05, 4.69) is 9.97 Å². The Morgan fingerprint density at radius 1 is 1.17 bits per heavy atom. The SMILES string of the molecule is Cc1nc(C)c(C)c(CCO)n1. The van der Waals surface area contributed by atoms with Gasteiger partial charge in [-0.25, -0.2) is 9.97 Å². The first-order valence-corrected chi connectivity index (χ1v) is 4.06. The van der Waals surface area contributed by atoms with Crippen LogP contribution in [-0.2, 0) is 6.42 Å². The highest BCUT2D eigenvalue weighted by Crippen LogP contribution is 2.09. The molecule has 1 heterocycles. The van der Waals surface area contributed by atoms with Gasteiger partial charge in [0.25, 0.3) is 0 Å². The predicted octanol–water partition coefficient (Wildman–Crippen LogP) is 0.937. The molecule has 3 heteroatoms. The van der Waals surface area contributed by atoms with Gasteiger partial charge in [0.2, 0.25) is 0 Å². The van der Waals surface area contributed by atoms with E-state index < -0.39 is 0 Å². The van der Waals surface area contributed by atoms with Gasteiger partial charge in [0.1, 0.15) is 5.82 Å². The number of aliphatic hydroxyl groups excluding tert-OH is 1. The van der Waals surface area contributed by atoms with E-state index in [9.17, 15) is 0 Å². The van der Waals surface area contributed by atoms with E-state index in [0.717, 1.165) is 22.8 Å². The molecule has 0 aliphatic heterocycles. The molecule has 12 heavy (non-hydrogen) atoms. The van der Waals surface area contributed by atoms with Gasteiger partial charge in [-0.1, -0.05) is 0 Å². The number of hydrogen-bond acceptors (Lipinski definition) is 3. The van der Waals surface area contributed by atoms with Gasteiger partial charge in [-0.05, 0) is 26.3 Å². The largest absolute Gasteiger partial charge is 0.396 e. The molecule has 0 aliphatic carbocycles. The first kappa shape index (κ1) is 9.13. The summed E-state index contributed by atoms with van der Waals surface area (Å²) in [5.74, 6) is 0.779. The van der Waals surface area contributed by atoms with Crippen molar-refractivity contribution >= 4 is 0 Å². The molecule has 0 saturated heterocycles. The van der Waals surface area contributed by atoms with Gasteiger partial charge < -0.3 is 5.11 Å². The third kappa shape index (κ3) is 1.80. The van der Waals surface area contributed by atoms with Crippen molar-refractivity contribution in [3.63, 3.8) is 0 Å². The molecule has 1 N–H and O–H groups in total. The predicted molar refractivity (Wildman–Crippen MR) is 47.0 cm³/mol. The van der Waals surface area contributed by atoms with Crippen molar-refractivity contribution in [3.05, 3.63) is 22.8 Å². The minimum Gasteiger partial charge on any atom is -0.396 e. The molecule has 0 spiro atoms. The lowest BCUT2D eigenvalue weighted by molar-refractivity contribution is 0.297. The highest BCUT2D eigenvalue weighted by molar-refractivity contribution is 5.23. The van der Waals surface area contributed by atoms with Gasteiger partial charge in [0.05, 0.1) is 0 Å². The van der Waals surface area contributed by atoms with Crippen molar-refractivity contribution in [1.82, 2.24) is 9.97 Å². The van der Waals surface area contributed by atoms with Gasteiger partial charge in [-0.2, -0.15) is 0 Å². The second-order valence-electron chi connectivity index (χ2n) is 2.90.